The van der Waals surface area contributed by atoms with Crippen molar-refractivity contribution < 1.29 is 0 Å². The number of aromatic nitrogens is 1. The summed E-state index contributed by atoms with van der Waals surface area (Å²) in [7, 11) is 0. The molecular formula is C14H22N2S. The monoisotopic (exact) mass is 250 g/mol. The molecule has 1 aromatic heterocycles. The second kappa shape index (κ2) is 6.70. The van der Waals surface area contributed by atoms with Crippen molar-refractivity contribution in [1.29, 1.82) is 0 Å². The van der Waals surface area contributed by atoms with E-state index in [4.69, 9.17) is 0 Å². The molecule has 0 saturated heterocycles. The average molecular weight is 250 g/mol. The summed E-state index contributed by atoms with van der Waals surface area (Å²) < 4.78 is 0. The fraction of sp³-hybridized carbons (Fsp3) is 0.500. The van der Waals surface area contributed by atoms with E-state index in [1.54, 1.807) is 0 Å². The number of hydrogen-bond donors (Lipinski definition) is 1. The van der Waals surface area contributed by atoms with E-state index in [0.717, 1.165) is 23.9 Å². The van der Waals surface area contributed by atoms with E-state index in [-0.39, 0.29) is 5.41 Å². The van der Waals surface area contributed by atoms with E-state index in [2.05, 4.69) is 49.8 Å². The van der Waals surface area contributed by atoms with Gasteiger partial charge in [0, 0.05) is 24.2 Å². The Balaban J connectivity index is 2.38. The number of pyridine rings is 1. The lowest BCUT2D eigenvalue weighted by molar-refractivity contribution is 0.587. The molecule has 0 bridgehead atoms. The SMILES string of the molecule is C=CCSCCNc1ccc(C(C)(C)C)cn1. The molecule has 0 aromatic carbocycles. The van der Waals surface area contributed by atoms with Crippen LogP contribution in [0.25, 0.3) is 0 Å². The third-order valence-corrected chi connectivity index (χ3v) is 3.38. The molecule has 0 amide bonds. The van der Waals surface area contributed by atoms with E-state index < -0.39 is 0 Å². The Morgan fingerprint density at radius 3 is 2.71 bits per heavy atom. The van der Waals surface area contributed by atoms with Crippen LogP contribution in [-0.2, 0) is 5.41 Å². The van der Waals surface area contributed by atoms with Crippen LogP contribution in [0.3, 0.4) is 0 Å². The lowest BCUT2D eigenvalue weighted by atomic mass is 9.88. The first-order valence-corrected chi connectivity index (χ1v) is 7.08. The van der Waals surface area contributed by atoms with Crippen molar-refractivity contribution in [1.82, 2.24) is 4.98 Å². The Kier molecular flexibility index (Phi) is 5.56. The van der Waals surface area contributed by atoms with Crippen molar-refractivity contribution in [3.63, 3.8) is 0 Å². The van der Waals surface area contributed by atoms with E-state index in [9.17, 15) is 0 Å². The number of rotatable bonds is 6. The highest BCUT2D eigenvalue weighted by Crippen LogP contribution is 2.21. The number of anilines is 1. The average Bonchev–Trinajstić information content (AvgIpc) is 2.28. The maximum Gasteiger partial charge on any atom is 0.125 e. The Bertz CT molecular complexity index is 338. The molecule has 0 aliphatic rings. The standard InChI is InChI=1S/C14H22N2S/c1-5-9-17-10-8-15-13-7-6-12(11-16-13)14(2,3)4/h5-7,11H,1,8-10H2,2-4H3,(H,15,16). The van der Waals surface area contributed by atoms with E-state index in [1.807, 2.05) is 24.0 Å². The van der Waals surface area contributed by atoms with Gasteiger partial charge in [-0.3, -0.25) is 0 Å². The van der Waals surface area contributed by atoms with Gasteiger partial charge in [0.25, 0.3) is 0 Å². The largest absolute Gasteiger partial charge is 0.369 e. The first-order chi connectivity index (χ1) is 8.04. The van der Waals surface area contributed by atoms with E-state index in [1.165, 1.54) is 5.56 Å². The van der Waals surface area contributed by atoms with E-state index >= 15 is 0 Å². The van der Waals surface area contributed by atoms with Gasteiger partial charge in [-0.05, 0) is 17.0 Å². The third kappa shape index (κ3) is 5.26. The molecule has 1 aromatic rings. The van der Waals surface area contributed by atoms with Gasteiger partial charge in [-0.2, -0.15) is 11.8 Å². The fourth-order valence-electron chi connectivity index (χ4n) is 1.36. The molecule has 0 unspecified atom stereocenters. The van der Waals surface area contributed by atoms with Crippen molar-refractivity contribution in [3.8, 4) is 0 Å². The van der Waals surface area contributed by atoms with Gasteiger partial charge in [0.15, 0.2) is 0 Å². The lowest BCUT2D eigenvalue weighted by Crippen LogP contribution is -2.12. The normalized spacial score (nSPS) is 11.2. The molecule has 2 nitrogen and oxygen atoms in total. The van der Waals surface area contributed by atoms with Crippen LogP contribution >= 0.6 is 11.8 Å². The van der Waals surface area contributed by atoms with Crippen LogP contribution in [0.1, 0.15) is 26.3 Å². The van der Waals surface area contributed by atoms with Crippen LogP contribution in [0, 0.1) is 0 Å². The molecule has 0 aliphatic heterocycles. The molecule has 3 heteroatoms. The summed E-state index contributed by atoms with van der Waals surface area (Å²) >= 11 is 1.87. The number of thioether (sulfide) groups is 1. The Hall–Kier alpha value is -0.960. The molecule has 0 atom stereocenters. The molecule has 1 N–H and O–H groups in total. The Morgan fingerprint density at radius 1 is 1.41 bits per heavy atom. The molecule has 1 heterocycles. The van der Waals surface area contributed by atoms with Crippen molar-refractivity contribution in [2.24, 2.45) is 0 Å². The van der Waals surface area contributed by atoms with Crippen LogP contribution in [0.4, 0.5) is 5.82 Å². The van der Waals surface area contributed by atoms with Crippen molar-refractivity contribution in [2.75, 3.05) is 23.4 Å². The van der Waals surface area contributed by atoms with Crippen LogP contribution < -0.4 is 5.32 Å². The predicted octanol–water partition coefficient (Wildman–Crippen LogP) is 3.71. The van der Waals surface area contributed by atoms with Crippen LogP contribution in [-0.4, -0.2) is 23.0 Å². The first kappa shape index (κ1) is 14.1. The summed E-state index contributed by atoms with van der Waals surface area (Å²) in [5, 5.41) is 3.32. The molecule has 0 radical (unpaired) electrons. The van der Waals surface area contributed by atoms with Gasteiger partial charge in [-0.1, -0.05) is 32.9 Å². The maximum atomic E-state index is 4.42. The minimum atomic E-state index is 0.172. The molecule has 0 spiro atoms. The second-order valence-electron chi connectivity index (χ2n) is 4.97. The highest BCUT2D eigenvalue weighted by atomic mass is 32.2. The lowest BCUT2D eigenvalue weighted by Gasteiger charge is -2.18. The Labute approximate surface area is 109 Å². The zero-order valence-electron chi connectivity index (χ0n) is 11.0. The van der Waals surface area contributed by atoms with Crippen LogP contribution in [0.2, 0.25) is 0 Å². The maximum absolute atomic E-state index is 4.42. The third-order valence-electron chi connectivity index (χ3n) is 2.42. The number of nitrogens with one attached hydrogen (secondary N) is 1. The van der Waals surface area contributed by atoms with E-state index in [0.29, 0.717) is 0 Å². The summed E-state index contributed by atoms with van der Waals surface area (Å²) in [5.74, 6) is 3.05. The minimum absolute atomic E-state index is 0.172. The summed E-state index contributed by atoms with van der Waals surface area (Å²) in [5.41, 5.74) is 1.44. The minimum Gasteiger partial charge on any atom is -0.369 e. The fourth-order valence-corrected chi connectivity index (χ4v) is 1.94. The number of hydrogen-bond acceptors (Lipinski definition) is 3. The van der Waals surface area contributed by atoms with Gasteiger partial charge in [-0.15, -0.1) is 6.58 Å². The molecule has 17 heavy (non-hydrogen) atoms. The van der Waals surface area contributed by atoms with Gasteiger partial charge in [0.05, 0.1) is 0 Å². The molecule has 0 fully saturated rings. The molecule has 0 aliphatic carbocycles. The summed E-state index contributed by atoms with van der Waals surface area (Å²) in [4.78, 5) is 4.42. The zero-order chi connectivity index (χ0) is 12.7. The van der Waals surface area contributed by atoms with Gasteiger partial charge in [0.1, 0.15) is 5.82 Å². The molecule has 94 valence electrons. The van der Waals surface area contributed by atoms with Gasteiger partial charge < -0.3 is 5.32 Å². The summed E-state index contributed by atoms with van der Waals surface area (Å²) in [6, 6.07) is 4.20. The van der Waals surface area contributed by atoms with Gasteiger partial charge >= 0.3 is 0 Å². The van der Waals surface area contributed by atoms with Crippen LogP contribution in [0.15, 0.2) is 31.0 Å². The topological polar surface area (TPSA) is 24.9 Å². The second-order valence-corrected chi connectivity index (χ2v) is 6.12. The Morgan fingerprint density at radius 2 is 2.18 bits per heavy atom. The first-order valence-electron chi connectivity index (χ1n) is 5.93. The highest BCUT2D eigenvalue weighted by molar-refractivity contribution is 7.99. The van der Waals surface area contributed by atoms with Gasteiger partial charge in [0.2, 0.25) is 0 Å². The summed E-state index contributed by atoms with van der Waals surface area (Å²) in [6.45, 7) is 11.2. The zero-order valence-corrected chi connectivity index (χ0v) is 11.8. The van der Waals surface area contributed by atoms with Crippen LogP contribution in [0.5, 0.6) is 0 Å². The summed E-state index contributed by atoms with van der Waals surface area (Å²) in [6.07, 6.45) is 3.89. The molecule has 1 rings (SSSR count). The number of nitrogens with zero attached hydrogens (tertiary/aromatic N) is 1. The highest BCUT2D eigenvalue weighted by Gasteiger charge is 2.13. The van der Waals surface area contributed by atoms with Crippen molar-refractivity contribution >= 4 is 17.6 Å². The van der Waals surface area contributed by atoms with Crippen molar-refractivity contribution in [2.45, 2.75) is 26.2 Å². The molecule has 0 saturated carbocycles. The quantitative estimate of drug-likeness (QED) is 0.615. The van der Waals surface area contributed by atoms with Gasteiger partial charge in [-0.25, -0.2) is 4.98 Å². The smallest absolute Gasteiger partial charge is 0.125 e. The predicted molar refractivity (Wildman–Crippen MR) is 78.9 cm³/mol. The van der Waals surface area contributed by atoms with Crippen molar-refractivity contribution in [3.05, 3.63) is 36.5 Å². The molecular weight excluding hydrogens is 228 g/mol.